The Morgan fingerprint density at radius 3 is 2.29 bits per heavy atom. The van der Waals surface area contributed by atoms with Gasteiger partial charge in [-0.15, -0.1) is 11.8 Å². The molecule has 156 valence electrons. The zero-order valence-corrected chi connectivity index (χ0v) is 18.5. The fraction of sp³-hybridized carbons (Fsp3) is 0.571. The molecule has 1 rings (SSSR count). The molecule has 1 aromatic carbocycles. The average Bonchev–Trinajstić information content (AvgIpc) is 2.61. The highest BCUT2D eigenvalue weighted by molar-refractivity contribution is 7.99. The molecule has 0 unspecified atom stereocenters. The number of ether oxygens (including phenoxy) is 1. The zero-order valence-electron chi connectivity index (χ0n) is 17.7. The van der Waals surface area contributed by atoms with Crippen LogP contribution in [-0.4, -0.2) is 52.7 Å². The van der Waals surface area contributed by atoms with Crippen LogP contribution in [-0.2, 0) is 24.9 Å². The van der Waals surface area contributed by atoms with Crippen molar-refractivity contribution in [1.82, 2.24) is 10.2 Å². The third kappa shape index (κ3) is 8.78. The summed E-state index contributed by atoms with van der Waals surface area (Å²) >= 11 is 1.52. The molecule has 0 fully saturated rings. The second-order valence-corrected chi connectivity index (χ2v) is 8.99. The molecule has 0 saturated heterocycles. The van der Waals surface area contributed by atoms with E-state index < -0.39 is 17.6 Å². The molecule has 1 aromatic rings. The number of hydrogen-bond donors (Lipinski definition) is 1. The minimum Gasteiger partial charge on any atom is -0.458 e. The van der Waals surface area contributed by atoms with Crippen molar-refractivity contribution in [3.8, 4) is 0 Å². The summed E-state index contributed by atoms with van der Waals surface area (Å²) in [5.74, 6) is -0.0777. The van der Waals surface area contributed by atoms with Crippen LogP contribution in [0.25, 0.3) is 0 Å². The number of thioether (sulfide) groups is 1. The van der Waals surface area contributed by atoms with Crippen LogP contribution >= 0.6 is 11.8 Å². The smallest absolute Gasteiger partial charge is 0.329 e. The zero-order chi connectivity index (χ0) is 21.3. The number of benzene rings is 1. The first-order valence-corrected chi connectivity index (χ1v) is 10.5. The van der Waals surface area contributed by atoms with Gasteiger partial charge in [0.25, 0.3) is 0 Å². The van der Waals surface area contributed by atoms with E-state index >= 15 is 0 Å². The number of nitrogens with one attached hydrogen (secondary N) is 1. The standard InChI is InChI=1S/C21H32N2O4S/c1-15(20(26)27-21(4,5)6)23(13-12-22-17(3)24)19(25)16(2)28-14-18-10-8-7-9-11-18/h7-11,15-16H,12-14H2,1-6H3,(H,22,24)/t15-,16+/m0/s1. The predicted molar refractivity (Wildman–Crippen MR) is 113 cm³/mol. The molecule has 2 atom stereocenters. The number of nitrogens with zero attached hydrogens (tertiary/aromatic N) is 1. The van der Waals surface area contributed by atoms with Gasteiger partial charge in [0.05, 0.1) is 5.25 Å². The SMILES string of the molecule is CC(=O)NCCN(C(=O)[C@@H](C)SCc1ccccc1)[C@@H](C)C(=O)OC(C)(C)C. The summed E-state index contributed by atoms with van der Waals surface area (Å²) in [7, 11) is 0. The van der Waals surface area contributed by atoms with Gasteiger partial charge in [-0.3, -0.25) is 9.59 Å². The minimum absolute atomic E-state index is 0.148. The highest BCUT2D eigenvalue weighted by atomic mass is 32.2. The fourth-order valence-corrected chi connectivity index (χ4v) is 3.37. The largest absolute Gasteiger partial charge is 0.458 e. The molecule has 28 heavy (non-hydrogen) atoms. The van der Waals surface area contributed by atoms with E-state index in [9.17, 15) is 14.4 Å². The Morgan fingerprint density at radius 2 is 1.75 bits per heavy atom. The fourth-order valence-electron chi connectivity index (χ4n) is 2.46. The van der Waals surface area contributed by atoms with Crippen molar-refractivity contribution in [3.63, 3.8) is 0 Å². The van der Waals surface area contributed by atoms with Gasteiger partial charge in [0.1, 0.15) is 11.6 Å². The lowest BCUT2D eigenvalue weighted by Crippen LogP contribution is -2.50. The Hall–Kier alpha value is -2.02. The molecule has 0 aliphatic rings. The molecule has 7 heteroatoms. The van der Waals surface area contributed by atoms with Gasteiger partial charge >= 0.3 is 5.97 Å². The van der Waals surface area contributed by atoms with Gasteiger partial charge in [-0.1, -0.05) is 30.3 Å². The van der Waals surface area contributed by atoms with Crippen LogP contribution in [0.4, 0.5) is 0 Å². The maximum Gasteiger partial charge on any atom is 0.329 e. The number of carbonyl (C=O) groups excluding carboxylic acids is 3. The Balaban J connectivity index is 2.81. The summed E-state index contributed by atoms with van der Waals surface area (Å²) in [5, 5.41) is 2.35. The maximum atomic E-state index is 13.0. The molecular weight excluding hydrogens is 376 g/mol. The van der Waals surface area contributed by atoms with Crippen LogP contribution < -0.4 is 5.32 Å². The van der Waals surface area contributed by atoms with E-state index in [0.717, 1.165) is 5.56 Å². The van der Waals surface area contributed by atoms with Crippen molar-refractivity contribution in [2.24, 2.45) is 0 Å². The number of carbonyl (C=O) groups is 3. The van der Waals surface area contributed by atoms with E-state index in [4.69, 9.17) is 4.74 Å². The minimum atomic E-state index is -0.736. The Bertz CT molecular complexity index is 658. The van der Waals surface area contributed by atoms with E-state index in [1.54, 1.807) is 27.7 Å². The van der Waals surface area contributed by atoms with Gasteiger partial charge in [0.2, 0.25) is 11.8 Å². The summed E-state index contributed by atoms with van der Waals surface area (Å²) in [4.78, 5) is 38.2. The second kappa shape index (κ2) is 11.1. The summed E-state index contributed by atoms with van der Waals surface area (Å²) in [5.41, 5.74) is 0.503. The van der Waals surface area contributed by atoms with E-state index in [1.165, 1.54) is 23.6 Å². The summed E-state index contributed by atoms with van der Waals surface area (Å²) in [6, 6.07) is 9.18. The van der Waals surface area contributed by atoms with Gasteiger partial charge in [0.15, 0.2) is 0 Å². The first-order valence-electron chi connectivity index (χ1n) is 9.44. The van der Waals surface area contributed by atoms with E-state index in [0.29, 0.717) is 5.75 Å². The summed E-state index contributed by atoms with van der Waals surface area (Å²) in [6.45, 7) is 10.8. The monoisotopic (exact) mass is 408 g/mol. The Morgan fingerprint density at radius 1 is 1.14 bits per heavy atom. The van der Waals surface area contributed by atoms with Gasteiger partial charge in [-0.2, -0.15) is 0 Å². The van der Waals surface area contributed by atoms with Crippen LogP contribution in [0.1, 0.15) is 47.1 Å². The highest BCUT2D eigenvalue weighted by Gasteiger charge is 2.32. The molecule has 0 spiro atoms. The van der Waals surface area contributed by atoms with E-state index in [1.807, 2.05) is 37.3 Å². The molecular formula is C21H32N2O4S. The molecule has 6 nitrogen and oxygen atoms in total. The van der Waals surface area contributed by atoms with E-state index in [-0.39, 0.29) is 30.2 Å². The normalized spacial score (nSPS) is 13.4. The topological polar surface area (TPSA) is 75.7 Å². The van der Waals surface area contributed by atoms with Crippen molar-refractivity contribution in [1.29, 1.82) is 0 Å². The Labute approximate surface area is 172 Å². The van der Waals surface area contributed by atoms with Gasteiger partial charge in [-0.05, 0) is 40.2 Å². The number of rotatable bonds is 9. The quantitative estimate of drug-likeness (QED) is 0.636. The number of amides is 2. The molecule has 0 saturated carbocycles. The molecule has 0 heterocycles. The number of esters is 1. The molecule has 2 amide bonds. The van der Waals surface area contributed by atoms with Crippen molar-refractivity contribution >= 4 is 29.5 Å². The van der Waals surface area contributed by atoms with Crippen molar-refractivity contribution in [3.05, 3.63) is 35.9 Å². The van der Waals surface area contributed by atoms with Crippen LogP contribution in [0.15, 0.2) is 30.3 Å². The van der Waals surface area contributed by atoms with Crippen LogP contribution in [0, 0.1) is 0 Å². The van der Waals surface area contributed by atoms with Gasteiger partial charge in [-0.25, -0.2) is 4.79 Å². The molecule has 0 radical (unpaired) electrons. The molecule has 0 aromatic heterocycles. The first kappa shape index (κ1) is 24.0. The molecule has 0 bridgehead atoms. The first-order chi connectivity index (χ1) is 13.0. The lowest BCUT2D eigenvalue weighted by Gasteiger charge is -2.32. The van der Waals surface area contributed by atoms with Crippen molar-refractivity contribution < 1.29 is 19.1 Å². The lowest BCUT2D eigenvalue weighted by molar-refractivity contribution is -0.163. The van der Waals surface area contributed by atoms with E-state index in [2.05, 4.69) is 5.32 Å². The second-order valence-electron chi connectivity index (χ2n) is 7.66. The van der Waals surface area contributed by atoms with Gasteiger partial charge < -0.3 is 15.0 Å². The molecule has 0 aliphatic heterocycles. The maximum absolute atomic E-state index is 13.0. The van der Waals surface area contributed by atoms with Crippen molar-refractivity contribution in [2.45, 2.75) is 64.2 Å². The Kier molecular flexibility index (Phi) is 9.52. The van der Waals surface area contributed by atoms with Crippen LogP contribution in [0.2, 0.25) is 0 Å². The van der Waals surface area contributed by atoms with Crippen molar-refractivity contribution in [2.75, 3.05) is 13.1 Å². The summed E-state index contributed by atoms with van der Waals surface area (Å²) in [6.07, 6.45) is 0. The molecule has 1 N–H and O–H groups in total. The third-order valence-corrected chi connectivity index (χ3v) is 5.12. The third-order valence-electron chi connectivity index (χ3n) is 3.92. The highest BCUT2D eigenvalue weighted by Crippen LogP contribution is 2.21. The van der Waals surface area contributed by atoms with Gasteiger partial charge in [0, 0.05) is 25.8 Å². The van der Waals surface area contributed by atoms with Crippen LogP contribution in [0.3, 0.4) is 0 Å². The average molecular weight is 409 g/mol. The number of hydrogen-bond acceptors (Lipinski definition) is 5. The molecule has 0 aliphatic carbocycles. The lowest BCUT2D eigenvalue weighted by atomic mass is 10.2. The van der Waals surface area contributed by atoms with Crippen LogP contribution in [0.5, 0.6) is 0 Å². The summed E-state index contributed by atoms with van der Waals surface area (Å²) < 4.78 is 5.44. The predicted octanol–water partition coefficient (Wildman–Crippen LogP) is 3.00.